The van der Waals surface area contributed by atoms with Crippen molar-refractivity contribution in [3.8, 4) is 0 Å². The predicted octanol–water partition coefficient (Wildman–Crippen LogP) is 0.0649. The molecule has 0 N–H and O–H groups in total. The number of aromatic nitrogens is 4. The molecule has 1 aliphatic rings. The molecular formula is C18H25N7O2. The molecule has 1 saturated heterocycles. The lowest BCUT2D eigenvalue weighted by Gasteiger charge is -2.35. The predicted molar refractivity (Wildman–Crippen MR) is 103 cm³/mol. The standard InChI is InChI=1S/C18H25N7O2/c1-13-14(2)19-12-25(18(13)27)11-17(26)24-7-5-23(6-8-24)16-9-15(22(3)4)10-20-21-16/h9-10,12H,5-8,11H2,1-4H3. The Hall–Kier alpha value is -2.97. The van der Waals surface area contributed by atoms with Crippen molar-refractivity contribution in [1.29, 1.82) is 0 Å². The molecule has 1 aliphatic heterocycles. The highest BCUT2D eigenvalue weighted by atomic mass is 16.2. The van der Waals surface area contributed by atoms with Gasteiger partial charge in [0.15, 0.2) is 5.82 Å². The molecule has 1 fully saturated rings. The fourth-order valence-electron chi connectivity index (χ4n) is 2.96. The molecule has 0 aromatic carbocycles. The summed E-state index contributed by atoms with van der Waals surface area (Å²) in [7, 11) is 3.92. The maximum Gasteiger partial charge on any atom is 0.256 e. The Morgan fingerprint density at radius 1 is 1.19 bits per heavy atom. The highest BCUT2D eigenvalue weighted by Crippen LogP contribution is 2.18. The van der Waals surface area contributed by atoms with E-state index in [1.54, 1.807) is 24.9 Å². The van der Waals surface area contributed by atoms with Gasteiger partial charge in [-0.2, -0.15) is 5.10 Å². The van der Waals surface area contributed by atoms with Crippen molar-refractivity contribution in [3.05, 3.63) is 40.2 Å². The summed E-state index contributed by atoms with van der Waals surface area (Å²) in [6, 6.07) is 1.99. The number of hydrogen-bond acceptors (Lipinski definition) is 7. The summed E-state index contributed by atoms with van der Waals surface area (Å²) < 4.78 is 1.38. The average Bonchev–Trinajstić information content (AvgIpc) is 2.68. The van der Waals surface area contributed by atoms with E-state index in [-0.39, 0.29) is 18.0 Å². The number of aryl methyl sites for hydroxylation is 1. The molecule has 0 unspecified atom stereocenters. The van der Waals surface area contributed by atoms with Gasteiger partial charge in [-0.3, -0.25) is 14.2 Å². The molecule has 3 heterocycles. The largest absolute Gasteiger partial charge is 0.376 e. The molecule has 0 radical (unpaired) electrons. The lowest BCUT2D eigenvalue weighted by Crippen LogP contribution is -2.50. The van der Waals surface area contributed by atoms with Crippen LogP contribution in [-0.2, 0) is 11.3 Å². The fourth-order valence-corrected chi connectivity index (χ4v) is 2.96. The SMILES string of the molecule is Cc1ncn(CC(=O)N2CCN(c3cc(N(C)C)cnn3)CC2)c(=O)c1C. The summed E-state index contributed by atoms with van der Waals surface area (Å²) in [4.78, 5) is 34.9. The number of nitrogens with zero attached hydrogens (tertiary/aromatic N) is 7. The molecule has 0 atom stereocenters. The molecule has 0 saturated carbocycles. The van der Waals surface area contributed by atoms with Crippen molar-refractivity contribution >= 4 is 17.4 Å². The molecule has 0 bridgehead atoms. The minimum absolute atomic E-state index is 0.0167. The van der Waals surface area contributed by atoms with Gasteiger partial charge in [0.25, 0.3) is 5.56 Å². The van der Waals surface area contributed by atoms with Gasteiger partial charge in [-0.25, -0.2) is 4.98 Å². The first kappa shape index (κ1) is 18.8. The fraction of sp³-hybridized carbons (Fsp3) is 0.500. The zero-order valence-electron chi connectivity index (χ0n) is 16.2. The number of anilines is 2. The minimum atomic E-state index is -0.162. The van der Waals surface area contributed by atoms with Crippen LogP contribution >= 0.6 is 0 Å². The lowest BCUT2D eigenvalue weighted by molar-refractivity contribution is -0.132. The second kappa shape index (κ2) is 7.73. The second-order valence-electron chi connectivity index (χ2n) is 6.92. The Balaban J connectivity index is 1.62. The van der Waals surface area contributed by atoms with Crippen molar-refractivity contribution in [2.24, 2.45) is 0 Å². The van der Waals surface area contributed by atoms with E-state index < -0.39 is 0 Å². The summed E-state index contributed by atoms with van der Waals surface area (Å²) in [5.41, 5.74) is 2.10. The molecule has 0 aliphatic carbocycles. The molecule has 0 spiro atoms. The Labute approximate surface area is 158 Å². The maximum absolute atomic E-state index is 12.6. The van der Waals surface area contributed by atoms with Crippen LogP contribution in [0.3, 0.4) is 0 Å². The number of hydrogen-bond donors (Lipinski definition) is 0. The molecular weight excluding hydrogens is 346 g/mol. The lowest BCUT2D eigenvalue weighted by atomic mass is 10.2. The molecule has 27 heavy (non-hydrogen) atoms. The Morgan fingerprint density at radius 2 is 1.89 bits per heavy atom. The van der Waals surface area contributed by atoms with Gasteiger partial charge >= 0.3 is 0 Å². The van der Waals surface area contributed by atoms with Crippen LogP contribution in [0.2, 0.25) is 0 Å². The summed E-state index contributed by atoms with van der Waals surface area (Å²) in [6.45, 7) is 6.06. The van der Waals surface area contributed by atoms with E-state index in [0.717, 1.165) is 11.5 Å². The zero-order chi connectivity index (χ0) is 19.6. The second-order valence-corrected chi connectivity index (χ2v) is 6.92. The smallest absolute Gasteiger partial charge is 0.256 e. The van der Waals surface area contributed by atoms with Crippen LogP contribution in [0.25, 0.3) is 0 Å². The topological polar surface area (TPSA) is 87.5 Å². The first-order valence-corrected chi connectivity index (χ1v) is 8.92. The third-order valence-corrected chi connectivity index (χ3v) is 4.92. The molecule has 2 aromatic heterocycles. The number of rotatable bonds is 4. The van der Waals surface area contributed by atoms with Gasteiger partial charge in [-0.1, -0.05) is 0 Å². The third-order valence-electron chi connectivity index (χ3n) is 4.92. The highest BCUT2D eigenvalue weighted by Gasteiger charge is 2.23. The average molecular weight is 371 g/mol. The van der Waals surface area contributed by atoms with E-state index in [4.69, 9.17) is 0 Å². The number of piperazine rings is 1. The number of carbonyl (C=O) groups is 1. The van der Waals surface area contributed by atoms with E-state index >= 15 is 0 Å². The van der Waals surface area contributed by atoms with E-state index in [1.807, 2.05) is 25.1 Å². The van der Waals surface area contributed by atoms with Gasteiger partial charge in [0.2, 0.25) is 5.91 Å². The van der Waals surface area contributed by atoms with Gasteiger partial charge in [-0.05, 0) is 13.8 Å². The normalized spacial score (nSPS) is 14.4. The first-order chi connectivity index (χ1) is 12.9. The van der Waals surface area contributed by atoms with Crippen molar-refractivity contribution in [3.63, 3.8) is 0 Å². The van der Waals surface area contributed by atoms with Crippen molar-refractivity contribution in [1.82, 2.24) is 24.6 Å². The van der Waals surface area contributed by atoms with Crippen LogP contribution in [0.4, 0.5) is 11.5 Å². The van der Waals surface area contributed by atoms with Gasteiger partial charge in [0, 0.05) is 57.6 Å². The molecule has 144 valence electrons. The van der Waals surface area contributed by atoms with Gasteiger partial charge < -0.3 is 14.7 Å². The highest BCUT2D eigenvalue weighted by molar-refractivity contribution is 5.76. The van der Waals surface area contributed by atoms with E-state index in [0.29, 0.717) is 37.4 Å². The Kier molecular flexibility index (Phi) is 5.38. The third kappa shape index (κ3) is 4.07. The monoisotopic (exact) mass is 371 g/mol. The molecule has 9 nitrogen and oxygen atoms in total. The Bertz CT molecular complexity index is 886. The van der Waals surface area contributed by atoms with Crippen molar-refractivity contribution < 1.29 is 4.79 Å². The minimum Gasteiger partial charge on any atom is -0.376 e. The van der Waals surface area contributed by atoms with E-state index in [1.165, 1.54) is 10.9 Å². The quantitative estimate of drug-likeness (QED) is 0.751. The van der Waals surface area contributed by atoms with Crippen LogP contribution in [0, 0.1) is 13.8 Å². The Morgan fingerprint density at radius 3 is 2.56 bits per heavy atom. The molecule has 3 rings (SSSR count). The molecule has 2 aromatic rings. The van der Waals surface area contributed by atoms with Crippen LogP contribution < -0.4 is 15.4 Å². The number of carbonyl (C=O) groups excluding carboxylic acids is 1. The van der Waals surface area contributed by atoms with Gasteiger partial charge in [0.1, 0.15) is 6.54 Å². The van der Waals surface area contributed by atoms with Crippen LogP contribution in [0.5, 0.6) is 0 Å². The molecule has 1 amide bonds. The van der Waals surface area contributed by atoms with Gasteiger partial charge in [0.05, 0.1) is 18.2 Å². The summed E-state index contributed by atoms with van der Waals surface area (Å²) in [5.74, 6) is 0.734. The van der Waals surface area contributed by atoms with Crippen molar-refractivity contribution in [2.75, 3.05) is 50.1 Å². The van der Waals surface area contributed by atoms with Gasteiger partial charge in [-0.15, -0.1) is 5.10 Å². The molecule has 9 heteroatoms. The maximum atomic E-state index is 12.6. The zero-order valence-corrected chi connectivity index (χ0v) is 16.2. The van der Waals surface area contributed by atoms with E-state index in [2.05, 4.69) is 20.1 Å². The summed E-state index contributed by atoms with van der Waals surface area (Å²) >= 11 is 0. The van der Waals surface area contributed by atoms with Crippen molar-refractivity contribution in [2.45, 2.75) is 20.4 Å². The number of amides is 1. The first-order valence-electron chi connectivity index (χ1n) is 8.92. The summed E-state index contributed by atoms with van der Waals surface area (Å²) in [6.07, 6.45) is 3.17. The summed E-state index contributed by atoms with van der Waals surface area (Å²) in [5, 5.41) is 8.26. The van der Waals surface area contributed by atoms with E-state index in [9.17, 15) is 9.59 Å². The van der Waals surface area contributed by atoms with Crippen LogP contribution in [0.1, 0.15) is 11.3 Å². The van der Waals surface area contributed by atoms with Crippen LogP contribution in [0.15, 0.2) is 23.4 Å². The van der Waals surface area contributed by atoms with Crippen LogP contribution in [-0.4, -0.2) is 70.8 Å².